The van der Waals surface area contributed by atoms with Crippen molar-refractivity contribution in [1.29, 1.82) is 0 Å². The van der Waals surface area contributed by atoms with Crippen LogP contribution in [0.25, 0.3) is 0 Å². The van der Waals surface area contributed by atoms with E-state index in [0.717, 1.165) is 6.42 Å². The third kappa shape index (κ3) is 3.64. The minimum atomic E-state index is -0.137. The number of rotatable bonds is 1. The average Bonchev–Trinajstić information content (AvgIpc) is 2.87. The molecule has 0 aliphatic carbocycles. The third-order valence-electron chi connectivity index (χ3n) is 4.18. The maximum absolute atomic E-state index is 12.5. The molecule has 0 saturated carbocycles. The van der Waals surface area contributed by atoms with E-state index in [1.165, 1.54) is 0 Å². The van der Waals surface area contributed by atoms with E-state index < -0.39 is 0 Å². The van der Waals surface area contributed by atoms with Crippen molar-refractivity contribution in [1.82, 2.24) is 19.9 Å². The second-order valence-electron chi connectivity index (χ2n) is 5.84. The van der Waals surface area contributed by atoms with Crippen molar-refractivity contribution in [3.8, 4) is 0 Å². The lowest BCUT2D eigenvalue weighted by Crippen LogP contribution is -2.49. The zero-order valence-electron chi connectivity index (χ0n) is 13.4. The summed E-state index contributed by atoms with van der Waals surface area (Å²) >= 11 is 0. The Labute approximate surface area is 134 Å². The Balaban J connectivity index is 1.58. The van der Waals surface area contributed by atoms with Crippen LogP contribution in [0.3, 0.4) is 0 Å². The number of carbonyl (C=O) groups is 2. The molecule has 1 aromatic rings. The van der Waals surface area contributed by atoms with Gasteiger partial charge in [0, 0.05) is 45.3 Å². The van der Waals surface area contributed by atoms with Crippen molar-refractivity contribution in [2.24, 2.45) is 0 Å². The summed E-state index contributed by atoms with van der Waals surface area (Å²) < 4.78 is 10.2. The first-order valence-corrected chi connectivity index (χ1v) is 7.99. The van der Waals surface area contributed by atoms with Gasteiger partial charge in [0.25, 0.3) is 5.91 Å². The maximum atomic E-state index is 12.5. The lowest BCUT2D eigenvalue weighted by molar-refractivity contribution is 0.0435. The molecular weight excluding hydrogens is 300 g/mol. The number of carbonyl (C=O) groups excluding carboxylic acids is 2. The van der Waals surface area contributed by atoms with Crippen LogP contribution in [0.4, 0.5) is 4.79 Å². The van der Waals surface area contributed by atoms with Crippen LogP contribution in [0.2, 0.25) is 0 Å². The van der Waals surface area contributed by atoms with Crippen LogP contribution in [-0.4, -0.2) is 84.3 Å². The van der Waals surface area contributed by atoms with E-state index in [1.54, 1.807) is 17.9 Å². The molecule has 0 bridgehead atoms. The number of amides is 3. The van der Waals surface area contributed by atoms with Gasteiger partial charge < -0.3 is 24.0 Å². The summed E-state index contributed by atoms with van der Waals surface area (Å²) in [6, 6.07) is 1.68. The molecule has 126 valence electrons. The zero-order chi connectivity index (χ0) is 16.2. The van der Waals surface area contributed by atoms with Crippen molar-refractivity contribution in [3.63, 3.8) is 0 Å². The van der Waals surface area contributed by atoms with Gasteiger partial charge in [-0.15, -0.1) is 0 Å². The van der Waals surface area contributed by atoms with E-state index in [9.17, 15) is 9.59 Å². The van der Waals surface area contributed by atoms with Gasteiger partial charge in [0.1, 0.15) is 5.76 Å². The van der Waals surface area contributed by atoms with Crippen LogP contribution in [-0.2, 0) is 4.74 Å². The molecule has 1 aromatic heterocycles. The van der Waals surface area contributed by atoms with Crippen molar-refractivity contribution in [3.05, 3.63) is 17.5 Å². The highest BCUT2D eigenvalue weighted by molar-refractivity contribution is 5.92. The van der Waals surface area contributed by atoms with E-state index in [1.807, 2.05) is 9.80 Å². The molecule has 2 aliphatic rings. The number of aromatic nitrogens is 1. The highest BCUT2D eigenvalue weighted by Crippen LogP contribution is 2.12. The molecular formula is C15H22N4O4. The van der Waals surface area contributed by atoms with Crippen LogP contribution in [0.15, 0.2) is 10.6 Å². The van der Waals surface area contributed by atoms with Crippen LogP contribution in [0.1, 0.15) is 22.7 Å². The number of urea groups is 1. The van der Waals surface area contributed by atoms with E-state index in [2.05, 4.69) is 5.16 Å². The van der Waals surface area contributed by atoms with Crippen LogP contribution in [0, 0.1) is 6.92 Å². The first-order chi connectivity index (χ1) is 11.1. The van der Waals surface area contributed by atoms with Gasteiger partial charge in [-0.05, 0) is 13.3 Å². The Morgan fingerprint density at radius 2 is 1.65 bits per heavy atom. The molecule has 3 rings (SSSR count). The van der Waals surface area contributed by atoms with Gasteiger partial charge in [-0.2, -0.15) is 0 Å². The smallest absolute Gasteiger partial charge is 0.320 e. The summed E-state index contributed by atoms with van der Waals surface area (Å²) in [5.41, 5.74) is 0.329. The Hall–Kier alpha value is -2.09. The van der Waals surface area contributed by atoms with Gasteiger partial charge in [0.05, 0.1) is 13.2 Å². The Bertz CT molecular complexity index is 568. The average molecular weight is 322 g/mol. The molecule has 23 heavy (non-hydrogen) atoms. The van der Waals surface area contributed by atoms with Crippen molar-refractivity contribution in [2.75, 3.05) is 52.5 Å². The summed E-state index contributed by atoms with van der Waals surface area (Å²) in [5.74, 6) is 0.481. The summed E-state index contributed by atoms with van der Waals surface area (Å²) in [6.45, 7) is 6.56. The van der Waals surface area contributed by atoms with Gasteiger partial charge in [0.2, 0.25) is 0 Å². The van der Waals surface area contributed by atoms with Gasteiger partial charge in [-0.1, -0.05) is 5.16 Å². The lowest BCUT2D eigenvalue weighted by atomic mass is 10.3. The maximum Gasteiger partial charge on any atom is 0.320 e. The minimum Gasteiger partial charge on any atom is -0.378 e. The summed E-state index contributed by atoms with van der Waals surface area (Å²) in [7, 11) is 0. The molecule has 3 amide bonds. The van der Waals surface area contributed by atoms with Crippen molar-refractivity contribution in [2.45, 2.75) is 13.3 Å². The fourth-order valence-corrected chi connectivity index (χ4v) is 2.90. The highest BCUT2D eigenvalue weighted by Gasteiger charge is 2.27. The number of ether oxygens (including phenoxy) is 1. The van der Waals surface area contributed by atoms with Crippen LogP contribution in [0.5, 0.6) is 0 Å². The molecule has 8 heteroatoms. The second kappa shape index (κ2) is 6.99. The van der Waals surface area contributed by atoms with Crippen molar-refractivity contribution >= 4 is 11.9 Å². The molecule has 0 radical (unpaired) electrons. The van der Waals surface area contributed by atoms with E-state index in [0.29, 0.717) is 63.9 Å². The molecule has 0 atom stereocenters. The molecule has 0 N–H and O–H groups in total. The Morgan fingerprint density at radius 3 is 2.35 bits per heavy atom. The predicted octanol–water partition coefficient (Wildman–Crippen LogP) is 0.583. The summed E-state index contributed by atoms with van der Waals surface area (Å²) in [6.07, 6.45) is 0.763. The van der Waals surface area contributed by atoms with E-state index in [4.69, 9.17) is 9.26 Å². The summed E-state index contributed by atoms with van der Waals surface area (Å²) in [4.78, 5) is 30.3. The molecule has 0 spiro atoms. The number of nitrogens with zero attached hydrogens (tertiary/aromatic N) is 4. The van der Waals surface area contributed by atoms with Crippen LogP contribution < -0.4 is 0 Å². The Kier molecular flexibility index (Phi) is 4.80. The SMILES string of the molecule is Cc1cc(C(=O)N2CCCN(C(=O)N3CCOCC3)CC2)no1. The van der Waals surface area contributed by atoms with Gasteiger partial charge in [0.15, 0.2) is 5.69 Å². The first kappa shape index (κ1) is 15.8. The van der Waals surface area contributed by atoms with Gasteiger partial charge in [-0.3, -0.25) is 4.79 Å². The van der Waals surface area contributed by atoms with Crippen LogP contribution >= 0.6 is 0 Å². The number of morpholine rings is 1. The highest BCUT2D eigenvalue weighted by atomic mass is 16.5. The molecule has 0 unspecified atom stereocenters. The standard InChI is InChI=1S/C15H22N4O4/c1-12-11-13(16-23-12)14(20)17-3-2-4-18(6-5-17)15(21)19-7-9-22-10-8-19/h11H,2-10H2,1H3. The van der Waals surface area contributed by atoms with Gasteiger partial charge >= 0.3 is 6.03 Å². The van der Waals surface area contributed by atoms with E-state index >= 15 is 0 Å². The molecule has 0 aromatic carbocycles. The molecule has 2 aliphatic heterocycles. The molecule has 2 fully saturated rings. The molecule has 3 heterocycles. The third-order valence-corrected chi connectivity index (χ3v) is 4.18. The van der Waals surface area contributed by atoms with Gasteiger partial charge in [-0.25, -0.2) is 4.79 Å². The summed E-state index contributed by atoms with van der Waals surface area (Å²) in [5, 5.41) is 3.78. The normalized spacial score (nSPS) is 19.6. The molecule has 8 nitrogen and oxygen atoms in total. The molecule has 2 saturated heterocycles. The second-order valence-corrected chi connectivity index (χ2v) is 5.84. The zero-order valence-corrected chi connectivity index (χ0v) is 13.4. The number of hydrogen-bond donors (Lipinski definition) is 0. The largest absolute Gasteiger partial charge is 0.378 e. The Morgan fingerprint density at radius 1 is 1.00 bits per heavy atom. The predicted molar refractivity (Wildman–Crippen MR) is 81.1 cm³/mol. The number of aryl methyl sites for hydroxylation is 1. The van der Waals surface area contributed by atoms with Crippen molar-refractivity contribution < 1.29 is 18.8 Å². The fraction of sp³-hybridized carbons (Fsp3) is 0.667. The quantitative estimate of drug-likeness (QED) is 0.756. The number of hydrogen-bond acceptors (Lipinski definition) is 5. The topological polar surface area (TPSA) is 79.1 Å². The lowest BCUT2D eigenvalue weighted by Gasteiger charge is -2.32. The van der Waals surface area contributed by atoms with E-state index in [-0.39, 0.29) is 11.9 Å². The minimum absolute atomic E-state index is 0.0416. The fourth-order valence-electron chi connectivity index (χ4n) is 2.90. The first-order valence-electron chi connectivity index (χ1n) is 7.99. The monoisotopic (exact) mass is 322 g/mol.